The maximum absolute atomic E-state index is 13.0. The van der Waals surface area contributed by atoms with Crippen molar-refractivity contribution in [1.82, 2.24) is 19.8 Å². The first-order valence-corrected chi connectivity index (χ1v) is 12.6. The van der Waals surface area contributed by atoms with Gasteiger partial charge in [-0.15, -0.1) is 11.3 Å². The van der Waals surface area contributed by atoms with Gasteiger partial charge in [0.15, 0.2) is 0 Å². The van der Waals surface area contributed by atoms with Crippen LogP contribution >= 0.6 is 11.3 Å². The Kier molecular flexibility index (Phi) is 6.85. The smallest absolute Gasteiger partial charge is 0.262 e. The molecule has 0 atom stereocenters. The Balaban J connectivity index is 1.17. The van der Waals surface area contributed by atoms with Crippen molar-refractivity contribution in [2.24, 2.45) is 0 Å². The number of benzene rings is 1. The largest absolute Gasteiger partial charge is 0.379 e. The number of ether oxygens (including phenoxy) is 1. The summed E-state index contributed by atoms with van der Waals surface area (Å²) in [7, 11) is 0. The molecule has 1 amide bonds. The monoisotopic (exact) mass is 466 g/mol. The maximum atomic E-state index is 13.0. The van der Waals surface area contributed by atoms with Crippen LogP contribution in [0.25, 0.3) is 10.2 Å². The van der Waals surface area contributed by atoms with E-state index in [1.807, 2.05) is 12.1 Å². The van der Waals surface area contributed by atoms with Gasteiger partial charge in [0, 0.05) is 44.0 Å². The number of aryl methyl sites for hydroxylation is 3. The standard InChI is InChI=1S/C25H30N4O3S/c30-22(26-15-18-4-3-5-19(14-18)16-28-10-12-32-13-11-28)8-9-29-17-27-24-23(25(29)31)20-6-1-2-7-21(20)33-24/h3-5,14,17H,1-2,6-13,15-16H2,(H,26,30). The normalized spacial score (nSPS) is 16.6. The van der Waals surface area contributed by atoms with Crippen LogP contribution in [0.2, 0.25) is 0 Å². The van der Waals surface area contributed by atoms with Crippen LogP contribution in [0.4, 0.5) is 0 Å². The van der Waals surface area contributed by atoms with Gasteiger partial charge < -0.3 is 10.1 Å². The second kappa shape index (κ2) is 10.2. The Morgan fingerprint density at radius 3 is 2.85 bits per heavy atom. The summed E-state index contributed by atoms with van der Waals surface area (Å²) in [5, 5.41) is 3.77. The average molecular weight is 467 g/mol. The van der Waals surface area contributed by atoms with Crippen LogP contribution in [0, 0.1) is 0 Å². The topological polar surface area (TPSA) is 76.5 Å². The minimum absolute atomic E-state index is 0.0111. The number of amides is 1. The Labute approximate surface area is 197 Å². The van der Waals surface area contributed by atoms with E-state index in [-0.39, 0.29) is 17.9 Å². The first kappa shape index (κ1) is 22.3. The van der Waals surface area contributed by atoms with Crippen molar-refractivity contribution in [3.05, 3.63) is 62.5 Å². The summed E-state index contributed by atoms with van der Waals surface area (Å²) in [5.74, 6) is -0.0621. The molecule has 1 aliphatic heterocycles. The van der Waals surface area contributed by atoms with Crippen molar-refractivity contribution in [3.63, 3.8) is 0 Å². The second-order valence-electron chi connectivity index (χ2n) is 8.87. The lowest BCUT2D eigenvalue weighted by molar-refractivity contribution is -0.121. The Morgan fingerprint density at radius 1 is 1.15 bits per heavy atom. The van der Waals surface area contributed by atoms with Gasteiger partial charge in [-0.2, -0.15) is 0 Å². The predicted molar refractivity (Wildman–Crippen MR) is 130 cm³/mol. The minimum atomic E-state index is -0.0621. The third kappa shape index (κ3) is 5.18. The van der Waals surface area contributed by atoms with Crippen LogP contribution in [0.1, 0.15) is 40.8 Å². The summed E-state index contributed by atoms with van der Waals surface area (Å²) in [6.45, 7) is 5.21. The Morgan fingerprint density at radius 2 is 1.97 bits per heavy atom. The van der Waals surface area contributed by atoms with E-state index in [1.54, 1.807) is 22.2 Å². The Hall–Kier alpha value is -2.55. The molecule has 0 spiro atoms. The molecule has 0 bridgehead atoms. The molecule has 33 heavy (non-hydrogen) atoms. The zero-order valence-electron chi connectivity index (χ0n) is 18.8. The molecular weight excluding hydrogens is 436 g/mol. The number of hydrogen-bond donors (Lipinski definition) is 1. The number of nitrogens with zero attached hydrogens (tertiary/aromatic N) is 3. The number of carbonyl (C=O) groups is 1. The van der Waals surface area contributed by atoms with Gasteiger partial charge in [0.25, 0.3) is 5.56 Å². The molecule has 0 radical (unpaired) electrons. The van der Waals surface area contributed by atoms with Crippen molar-refractivity contribution in [3.8, 4) is 0 Å². The fourth-order valence-corrected chi connectivity index (χ4v) is 5.93. The molecular formula is C25H30N4O3S. The van der Waals surface area contributed by atoms with Gasteiger partial charge in [-0.3, -0.25) is 19.1 Å². The first-order valence-electron chi connectivity index (χ1n) is 11.8. The summed E-state index contributed by atoms with van der Waals surface area (Å²) >= 11 is 1.65. The molecule has 1 N–H and O–H groups in total. The van der Waals surface area contributed by atoms with Crippen LogP contribution < -0.4 is 10.9 Å². The second-order valence-corrected chi connectivity index (χ2v) is 9.95. The molecule has 0 saturated carbocycles. The summed E-state index contributed by atoms with van der Waals surface area (Å²) in [6, 6.07) is 8.35. The SMILES string of the molecule is O=C(CCn1cnc2sc3c(c2c1=O)CCCC3)NCc1cccc(CN2CCOCC2)c1. The molecule has 8 heteroatoms. The number of fused-ring (bicyclic) bond motifs is 3. The fraction of sp³-hybridized carbons (Fsp3) is 0.480. The molecule has 1 fully saturated rings. The van der Waals surface area contributed by atoms with E-state index in [0.29, 0.717) is 13.1 Å². The van der Waals surface area contributed by atoms with Crippen molar-refractivity contribution in [2.75, 3.05) is 26.3 Å². The lowest BCUT2D eigenvalue weighted by Crippen LogP contribution is -2.35. The molecule has 1 aliphatic carbocycles. The number of thiophene rings is 1. The molecule has 2 aromatic heterocycles. The third-order valence-corrected chi connectivity index (χ3v) is 7.71. The van der Waals surface area contributed by atoms with E-state index in [0.717, 1.165) is 67.9 Å². The molecule has 1 saturated heterocycles. The molecule has 2 aliphatic rings. The number of nitrogens with one attached hydrogen (secondary N) is 1. The highest BCUT2D eigenvalue weighted by molar-refractivity contribution is 7.18. The van der Waals surface area contributed by atoms with Gasteiger partial charge in [-0.05, 0) is 42.4 Å². The summed E-state index contributed by atoms with van der Waals surface area (Å²) in [6.07, 6.45) is 6.17. The third-order valence-electron chi connectivity index (χ3n) is 6.51. The van der Waals surface area contributed by atoms with E-state index >= 15 is 0 Å². The van der Waals surface area contributed by atoms with Crippen molar-refractivity contribution in [2.45, 2.75) is 51.7 Å². The van der Waals surface area contributed by atoms with E-state index in [9.17, 15) is 9.59 Å². The average Bonchev–Trinajstić information content (AvgIpc) is 3.23. The molecule has 5 rings (SSSR count). The van der Waals surface area contributed by atoms with Gasteiger partial charge in [0.05, 0.1) is 24.9 Å². The molecule has 0 unspecified atom stereocenters. The number of hydrogen-bond acceptors (Lipinski definition) is 6. The highest BCUT2D eigenvalue weighted by Crippen LogP contribution is 2.33. The van der Waals surface area contributed by atoms with Gasteiger partial charge in [-0.25, -0.2) is 4.98 Å². The van der Waals surface area contributed by atoms with Gasteiger partial charge in [0.2, 0.25) is 5.91 Å². The van der Waals surface area contributed by atoms with Crippen molar-refractivity contribution >= 4 is 27.5 Å². The summed E-state index contributed by atoms with van der Waals surface area (Å²) in [4.78, 5) is 34.6. The number of rotatable bonds is 7. The zero-order chi connectivity index (χ0) is 22.6. The number of carbonyl (C=O) groups excluding carboxylic acids is 1. The lowest BCUT2D eigenvalue weighted by atomic mass is 9.97. The predicted octanol–water partition coefficient (Wildman–Crippen LogP) is 2.88. The van der Waals surface area contributed by atoms with Gasteiger partial charge in [-0.1, -0.05) is 24.3 Å². The number of morpholine rings is 1. The van der Waals surface area contributed by atoms with Crippen molar-refractivity contribution in [1.29, 1.82) is 0 Å². The van der Waals surface area contributed by atoms with Crippen LogP contribution in [0.5, 0.6) is 0 Å². The van der Waals surface area contributed by atoms with Gasteiger partial charge in [0.1, 0.15) is 4.83 Å². The summed E-state index contributed by atoms with van der Waals surface area (Å²) < 4.78 is 7.01. The van der Waals surface area contributed by atoms with E-state index in [2.05, 4.69) is 27.3 Å². The minimum Gasteiger partial charge on any atom is -0.379 e. The number of aromatic nitrogens is 2. The lowest BCUT2D eigenvalue weighted by Gasteiger charge is -2.26. The van der Waals surface area contributed by atoms with Crippen LogP contribution in [0.3, 0.4) is 0 Å². The highest BCUT2D eigenvalue weighted by Gasteiger charge is 2.20. The van der Waals surface area contributed by atoms with E-state index in [1.165, 1.54) is 22.4 Å². The highest BCUT2D eigenvalue weighted by atomic mass is 32.1. The van der Waals surface area contributed by atoms with E-state index in [4.69, 9.17) is 4.74 Å². The van der Waals surface area contributed by atoms with Crippen LogP contribution in [0.15, 0.2) is 35.4 Å². The van der Waals surface area contributed by atoms with E-state index < -0.39 is 0 Å². The van der Waals surface area contributed by atoms with Gasteiger partial charge >= 0.3 is 0 Å². The molecule has 7 nitrogen and oxygen atoms in total. The maximum Gasteiger partial charge on any atom is 0.262 e. The van der Waals surface area contributed by atoms with Crippen molar-refractivity contribution < 1.29 is 9.53 Å². The molecule has 174 valence electrons. The molecule has 1 aromatic carbocycles. The first-order chi connectivity index (χ1) is 16.2. The Bertz CT molecular complexity index is 1200. The van der Waals surface area contributed by atoms with Crippen LogP contribution in [-0.4, -0.2) is 46.7 Å². The molecule has 3 heterocycles. The zero-order valence-corrected chi connectivity index (χ0v) is 19.7. The quantitative estimate of drug-likeness (QED) is 0.580. The van der Waals surface area contributed by atoms with Crippen LogP contribution in [-0.2, 0) is 42.0 Å². The fourth-order valence-electron chi connectivity index (χ4n) is 4.71. The molecule has 3 aromatic rings. The summed E-state index contributed by atoms with van der Waals surface area (Å²) in [5.41, 5.74) is 3.51.